The first-order valence-electron chi connectivity index (χ1n) is 5.54. The largest absolute Gasteiger partial charge is 0.370 e. The Morgan fingerprint density at radius 2 is 2.12 bits per heavy atom. The second-order valence-corrected chi connectivity index (χ2v) is 4.17. The molecule has 0 unspecified atom stereocenters. The molecule has 0 aliphatic rings. The minimum Gasteiger partial charge on any atom is -0.370 e. The molecular formula is C13H14ClN3. The van der Waals surface area contributed by atoms with Crippen molar-refractivity contribution in [1.82, 2.24) is 9.97 Å². The van der Waals surface area contributed by atoms with Crippen molar-refractivity contribution in [3.63, 3.8) is 0 Å². The van der Waals surface area contributed by atoms with E-state index in [-0.39, 0.29) is 0 Å². The number of aromatic nitrogens is 2. The highest BCUT2D eigenvalue weighted by atomic mass is 35.5. The van der Waals surface area contributed by atoms with Crippen LogP contribution >= 0.6 is 11.6 Å². The van der Waals surface area contributed by atoms with Gasteiger partial charge in [-0.1, -0.05) is 23.7 Å². The Bertz CT molecular complexity index is 526. The molecule has 1 heterocycles. The Morgan fingerprint density at radius 1 is 1.29 bits per heavy atom. The molecule has 1 N–H and O–H groups in total. The van der Waals surface area contributed by atoms with Gasteiger partial charge in [0.2, 0.25) is 0 Å². The smallest absolute Gasteiger partial charge is 0.161 e. The van der Waals surface area contributed by atoms with Crippen LogP contribution in [0.3, 0.4) is 0 Å². The lowest BCUT2D eigenvalue weighted by atomic mass is 10.1. The molecule has 88 valence electrons. The quantitative estimate of drug-likeness (QED) is 0.902. The number of benzene rings is 1. The van der Waals surface area contributed by atoms with E-state index in [1.807, 2.05) is 38.1 Å². The molecule has 0 spiro atoms. The van der Waals surface area contributed by atoms with E-state index >= 15 is 0 Å². The van der Waals surface area contributed by atoms with E-state index in [4.69, 9.17) is 11.6 Å². The molecule has 3 nitrogen and oxygen atoms in total. The Kier molecular flexibility index (Phi) is 3.59. The molecule has 0 amide bonds. The van der Waals surface area contributed by atoms with Gasteiger partial charge in [0.25, 0.3) is 0 Å². The molecule has 0 atom stereocenters. The van der Waals surface area contributed by atoms with E-state index in [9.17, 15) is 0 Å². The van der Waals surface area contributed by atoms with Crippen LogP contribution in [0.15, 0.2) is 30.5 Å². The average molecular weight is 248 g/mol. The second-order valence-electron chi connectivity index (χ2n) is 3.76. The van der Waals surface area contributed by atoms with Crippen molar-refractivity contribution in [2.75, 3.05) is 11.9 Å². The summed E-state index contributed by atoms with van der Waals surface area (Å²) in [6, 6.07) is 7.69. The van der Waals surface area contributed by atoms with E-state index in [0.29, 0.717) is 5.82 Å². The number of halogens is 1. The second kappa shape index (κ2) is 5.15. The molecule has 2 rings (SSSR count). The van der Waals surface area contributed by atoms with E-state index < -0.39 is 0 Å². The van der Waals surface area contributed by atoms with E-state index in [2.05, 4.69) is 15.3 Å². The molecule has 0 radical (unpaired) electrons. The third kappa shape index (κ3) is 2.74. The molecule has 2 aromatic rings. The number of rotatable bonds is 3. The summed E-state index contributed by atoms with van der Waals surface area (Å²) < 4.78 is 0. The minimum atomic E-state index is 0.686. The van der Waals surface area contributed by atoms with Crippen LogP contribution in [0.5, 0.6) is 0 Å². The van der Waals surface area contributed by atoms with Crippen LogP contribution in [-0.4, -0.2) is 16.5 Å². The maximum atomic E-state index is 6.09. The van der Waals surface area contributed by atoms with Gasteiger partial charge in [-0.15, -0.1) is 0 Å². The molecule has 0 fully saturated rings. The summed E-state index contributed by atoms with van der Waals surface area (Å²) in [6.45, 7) is 4.84. The third-order valence-corrected chi connectivity index (χ3v) is 2.85. The molecule has 0 saturated carbocycles. The number of nitrogens with zero attached hydrogens (tertiary/aromatic N) is 2. The van der Waals surface area contributed by atoms with Gasteiger partial charge in [0, 0.05) is 23.3 Å². The first-order valence-corrected chi connectivity index (χ1v) is 5.92. The highest BCUT2D eigenvalue weighted by Gasteiger charge is 2.04. The fourth-order valence-corrected chi connectivity index (χ4v) is 1.69. The summed E-state index contributed by atoms with van der Waals surface area (Å²) in [4.78, 5) is 8.68. The zero-order valence-electron chi connectivity index (χ0n) is 9.87. The van der Waals surface area contributed by atoms with E-state index in [0.717, 1.165) is 28.5 Å². The topological polar surface area (TPSA) is 37.8 Å². The van der Waals surface area contributed by atoms with Gasteiger partial charge in [-0.25, -0.2) is 9.97 Å². The monoisotopic (exact) mass is 247 g/mol. The zero-order valence-corrected chi connectivity index (χ0v) is 10.6. The van der Waals surface area contributed by atoms with Crippen LogP contribution in [-0.2, 0) is 0 Å². The van der Waals surface area contributed by atoms with Gasteiger partial charge in [0.1, 0.15) is 5.82 Å². The molecular weight excluding hydrogens is 234 g/mol. The van der Waals surface area contributed by atoms with Crippen molar-refractivity contribution < 1.29 is 0 Å². The van der Waals surface area contributed by atoms with E-state index in [1.165, 1.54) is 0 Å². The molecule has 0 saturated heterocycles. The fourth-order valence-electron chi connectivity index (χ4n) is 1.51. The van der Waals surface area contributed by atoms with Crippen molar-refractivity contribution in [3.05, 3.63) is 41.0 Å². The van der Waals surface area contributed by atoms with Gasteiger partial charge >= 0.3 is 0 Å². The van der Waals surface area contributed by atoms with Gasteiger partial charge in [-0.2, -0.15) is 0 Å². The Labute approximate surface area is 106 Å². The number of hydrogen-bond donors (Lipinski definition) is 1. The maximum absolute atomic E-state index is 6.09. The van der Waals surface area contributed by atoms with Crippen molar-refractivity contribution in [3.8, 4) is 11.4 Å². The van der Waals surface area contributed by atoms with Crippen LogP contribution in [0.1, 0.15) is 12.5 Å². The summed E-state index contributed by atoms with van der Waals surface area (Å²) in [5.41, 5.74) is 1.98. The minimum absolute atomic E-state index is 0.686. The summed E-state index contributed by atoms with van der Waals surface area (Å²) in [6.07, 6.45) is 1.74. The number of anilines is 1. The third-order valence-electron chi connectivity index (χ3n) is 2.44. The van der Waals surface area contributed by atoms with Gasteiger partial charge in [0.15, 0.2) is 5.82 Å². The fraction of sp³-hybridized carbons (Fsp3) is 0.231. The van der Waals surface area contributed by atoms with Crippen molar-refractivity contribution in [2.45, 2.75) is 13.8 Å². The SMILES string of the molecule is CCNc1ccnc(-c2ccc(C)c(Cl)c2)n1. The van der Waals surface area contributed by atoms with Gasteiger partial charge < -0.3 is 5.32 Å². The predicted octanol–water partition coefficient (Wildman–Crippen LogP) is 3.54. The van der Waals surface area contributed by atoms with E-state index in [1.54, 1.807) is 6.20 Å². The van der Waals surface area contributed by atoms with Crippen LogP contribution in [0.25, 0.3) is 11.4 Å². The van der Waals surface area contributed by atoms with Crippen molar-refractivity contribution >= 4 is 17.4 Å². The highest BCUT2D eigenvalue weighted by Crippen LogP contribution is 2.23. The van der Waals surface area contributed by atoms with Gasteiger partial charge in [-0.3, -0.25) is 0 Å². The normalized spacial score (nSPS) is 10.3. The van der Waals surface area contributed by atoms with Gasteiger partial charge in [-0.05, 0) is 31.5 Å². The zero-order chi connectivity index (χ0) is 12.3. The molecule has 17 heavy (non-hydrogen) atoms. The van der Waals surface area contributed by atoms with Crippen molar-refractivity contribution in [1.29, 1.82) is 0 Å². The Morgan fingerprint density at radius 3 is 2.82 bits per heavy atom. The lowest BCUT2D eigenvalue weighted by Crippen LogP contribution is -2.00. The van der Waals surface area contributed by atoms with Crippen LogP contribution in [0, 0.1) is 6.92 Å². The number of hydrogen-bond acceptors (Lipinski definition) is 3. The lowest BCUT2D eigenvalue weighted by Gasteiger charge is -2.06. The Hall–Kier alpha value is -1.61. The molecule has 0 bridgehead atoms. The number of aryl methyl sites for hydroxylation is 1. The first-order chi connectivity index (χ1) is 8.20. The summed E-state index contributed by atoms with van der Waals surface area (Å²) in [5.74, 6) is 1.51. The molecule has 1 aromatic heterocycles. The van der Waals surface area contributed by atoms with Crippen LogP contribution in [0.4, 0.5) is 5.82 Å². The molecule has 1 aromatic carbocycles. The molecule has 0 aliphatic carbocycles. The van der Waals surface area contributed by atoms with Crippen LogP contribution in [0.2, 0.25) is 5.02 Å². The summed E-state index contributed by atoms with van der Waals surface area (Å²) in [5, 5.41) is 3.90. The summed E-state index contributed by atoms with van der Waals surface area (Å²) in [7, 11) is 0. The number of nitrogens with one attached hydrogen (secondary N) is 1. The average Bonchev–Trinajstić information content (AvgIpc) is 2.33. The molecule has 4 heteroatoms. The highest BCUT2D eigenvalue weighted by molar-refractivity contribution is 6.31. The van der Waals surface area contributed by atoms with Gasteiger partial charge in [0.05, 0.1) is 0 Å². The standard InChI is InChI=1S/C13H14ClN3/c1-3-15-12-6-7-16-13(17-12)10-5-4-9(2)11(14)8-10/h4-8H,3H2,1-2H3,(H,15,16,17). The Balaban J connectivity index is 2.38. The lowest BCUT2D eigenvalue weighted by molar-refractivity contribution is 1.12. The molecule has 0 aliphatic heterocycles. The predicted molar refractivity (Wildman–Crippen MR) is 71.4 cm³/mol. The van der Waals surface area contributed by atoms with Crippen molar-refractivity contribution in [2.24, 2.45) is 0 Å². The first kappa shape index (κ1) is 11.9. The van der Waals surface area contributed by atoms with Crippen LogP contribution < -0.4 is 5.32 Å². The maximum Gasteiger partial charge on any atom is 0.161 e. The summed E-state index contributed by atoms with van der Waals surface area (Å²) >= 11 is 6.09.